The first-order valence-corrected chi connectivity index (χ1v) is 5.83. The van der Waals surface area contributed by atoms with Gasteiger partial charge in [-0.3, -0.25) is 9.59 Å². The maximum atomic E-state index is 11.8. The van der Waals surface area contributed by atoms with Crippen LogP contribution in [0.2, 0.25) is 0 Å². The molecule has 0 aromatic rings. The molecule has 0 amide bonds. The lowest BCUT2D eigenvalue weighted by molar-refractivity contribution is -0.122. The molecule has 16 heavy (non-hydrogen) atoms. The molecule has 0 radical (unpaired) electrons. The van der Waals surface area contributed by atoms with Crippen LogP contribution in [0.3, 0.4) is 0 Å². The SMILES string of the molecule is CC(CO)C(=O)C1C=C2C(=O)C=CN=C2S1. The van der Waals surface area contributed by atoms with Crippen molar-refractivity contribution < 1.29 is 14.7 Å². The second kappa shape index (κ2) is 4.35. The van der Waals surface area contributed by atoms with Gasteiger partial charge in [0.2, 0.25) is 0 Å². The standard InChI is InChI=1S/C11H11NO3S/c1-6(5-13)10(15)9-4-7-8(14)2-3-12-11(7)16-9/h2-4,6,9,13H,5H2,1H3. The lowest BCUT2D eigenvalue weighted by Crippen LogP contribution is -2.23. The predicted molar refractivity (Wildman–Crippen MR) is 62.3 cm³/mol. The largest absolute Gasteiger partial charge is 0.396 e. The molecule has 2 rings (SSSR count). The van der Waals surface area contributed by atoms with E-state index in [0.717, 1.165) is 0 Å². The Morgan fingerprint density at radius 2 is 2.44 bits per heavy atom. The summed E-state index contributed by atoms with van der Waals surface area (Å²) in [6.07, 6.45) is 4.48. The zero-order chi connectivity index (χ0) is 11.7. The van der Waals surface area contributed by atoms with Gasteiger partial charge in [0.25, 0.3) is 0 Å². The van der Waals surface area contributed by atoms with E-state index in [0.29, 0.717) is 10.6 Å². The van der Waals surface area contributed by atoms with E-state index in [1.165, 1.54) is 24.0 Å². The highest BCUT2D eigenvalue weighted by atomic mass is 32.2. The van der Waals surface area contributed by atoms with Gasteiger partial charge in [0.1, 0.15) is 5.04 Å². The second-order valence-corrected chi connectivity index (χ2v) is 4.85. The number of fused-ring (bicyclic) bond motifs is 1. The van der Waals surface area contributed by atoms with E-state index in [9.17, 15) is 9.59 Å². The minimum atomic E-state index is -0.404. The Kier molecular flexibility index (Phi) is 3.07. The maximum absolute atomic E-state index is 11.8. The Balaban J connectivity index is 2.20. The average molecular weight is 237 g/mol. The molecule has 0 aliphatic carbocycles. The molecule has 4 nitrogen and oxygen atoms in total. The smallest absolute Gasteiger partial charge is 0.189 e. The molecule has 0 aromatic heterocycles. The van der Waals surface area contributed by atoms with E-state index >= 15 is 0 Å². The number of rotatable bonds is 3. The van der Waals surface area contributed by atoms with Crippen LogP contribution in [-0.2, 0) is 9.59 Å². The number of hydrogen-bond acceptors (Lipinski definition) is 5. The van der Waals surface area contributed by atoms with Gasteiger partial charge in [-0.15, -0.1) is 0 Å². The number of ketones is 2. The van der Waals surface area contributed by atoms with Gasteiger partial charge in [0.05, 0.1) is 17.4 Å². The van der Waals surface area contributed by atoms with Crippen molar-refractivity contribution in [1.82, 2.24) is 0 Å². The van der Waals surface area contributed by atoms with E-state index < -0.39 is 5.92 Å². The molecule has 0 aromatic carbocycles. The monoisotopic (exact) mass is 237 g/mol. The Morgan fingerprint density at radius 1 is 1.69 bits per heavy atom. The summed E-state index contributed by atoms with van der Waals surface area (Å²) in [5, 5.41) is 9.13. The summed E-state index contributed by atoms with van der Waals surface area (Å²) in [4.78, 5) is 27.3. The summed E-state index contributed by atoms with van der Waals surface area (Å²) < 4.78 is 0. The van der Waals surface area contributed by atoms with Crippen molar-refractivity contribution in [3.8, 4) is 0 Å². The Bertz CT molecular complexity index is 437. The highest BCUT2D eigenvalue weighted by molar-refractivity contribution is 8.16. The first-order valence-electron chi connectivity index (χ1n) is 4.95. The van der Waals surface area contributed by atoms with Gasteiger partial charge in [-0.2, -0.15) is 0 Å². The number of aliphatic imine (C=N–C) groups is 1. The number of aliphatic hydroxyl groups excluding tert-OH is 1. The normalized spacial score (nSPS) is 24.9. The molecule has 2 aliphatic heterocycles. The summed E-state index contributed by atoms with van der Waals surface area (Å²) >= 11 is 1.27. The summed E-state index contributed by atoms with van der Waals surface area (Å²) in [7, 11) is 0. The van der Waals surface area contributed by atoms with E-state index in [-0.39, 0.29) is 23.4 Å². The molecule has 0 saturated heterocycles. The molecule has 1 N–H and O–H groups in total. The molecule has 2 heterocycles. The van der Waals surface area contributed by atoms with E-state index in [1.54, 1.807) is 13.0 Å². The molecule has 0 saturated carbocycles. The number of Topliss-reactive ketones (excluding diaryl/α,β-unsaturated/α-hetero) is 1. The molecule has 0 spiro atoms. The van der Waals surface area contributed by atoms with Gasteiger partial charge in [-0.05, 0) is 6.08 Å². The molecule has 0 fully saturated rings. The fraction of sp³-hybridized carbons (Fsp3) is 0.364. The van der Waals surface area contributed by atoms with Crippen LogP contribution in [-0.4, -0.2) is 33.6 Å². The zero-order valence-electron chi connectivity index (χ0n) is 8.71. The summed E-state index contributed by atoms with van der Waals surface area (Å²) in [6, 6.07) is 0. The van der Waals surface area contributed by atoms with Gasteiger partial charge in [0, 0.05) is 18.2 Å². The van der Waals surface area contributed by atoms with Crippen LogP contribution in [0.5, 0.6) is 0 Å². The van der Waals surface area contributed by atoms with Crippen LogP contribution in [0.4, 0.5) is 0 Å². The molecule has 2 aliphatic rings. The van der Waals surface area contributed by atoms with E-state index in [2.05, 4.69) is 4.99 Å². The van der Waals surface area contributed by atoms with Crippen molar-refractivity contribution in [2.75, 3.05) is 6.61 Å². The van der Waals surface area contributed by atoms with Gasteiger partial charge >= 0.3 is 0 Å². The van der Waals surface area contributed by atoms with Crippen LogP contribution in [0.15, 0.2) is 28.9 Å². The molecule has 5 heteroatoms. The first-order chi connectivity index (χ1) is 7.63. The lowest BCUT2D eigenvalue weighted by Gasteiger charge is -2.10. The van der Waals surface area contributed by atoms with Crippen molar-refractivity contribution in [3.63, 3.8) is 0 Å². The van der Waals surface area contributed by atoms with Gasteiger partial charge in [0.15, 0.2) is 11.6 Å². The van der Waals surface area contributed by atoms with Gasteiger partial charge in [-0.1, -0.05) is 18.7 Å². The molecule has 2 unspecified atom stereocenters. The lowest BCUT2D eigenvalue weighted by atomic mass is 10.0. The van der Waals surface area contributed by atoms with E-state index in [1.807, 2.05) is 0 Å². The Hall–Kier alpha value is -1.20. The van der Waals surface area contributed by atoms with Crippen LogP contribution < -0.4 is 0 Å². The minimum Gasteiger partial charge on any atom is -0.396 e. The van der Waals surface area contributed by atoms with Crippen LogP contribution in [0.25, 0.3) is 0 Å². The third kappa shape index (κ3) is 1.88. The minimum absolute atomic E-state index is 0.0649. The molecular weight excluding hydrogens is 226 g/mol. The van der Waals surface area contributed by atoms with Crippen molar-refractivity contribution in [3.05, 3.63) is 23.9 Å². The topological polar surface area (TPSA) is 66.7 Å². The fourth-order valence-electron chi connectivity index (χ4n) is 1.50. The zero-order valence-corrected chi connectivity index (χ0v) is 9.53. The summed E-state index contributed by atoms with van der Waals surface area (Å²) in [5.74, 6) is -0.576. The highest BCUT2D eigenvalue weighted by Gasteiger charge is 2.33. The first kappa shape index (κ1) is 11.3. The second-order valence-electron chi connectivity index (χ2n) is 3.72. The Labute approximate surface area is 97.1 Å². The fourth-order valence-corrected chi connectivity index (χ4v) is 2.71. The Morgan fingerprint density at radius 3 is 3.06 bits per heavy atom. The highest BCUT2D eigenvalue weighted by Crippen LogP contribution is 2.32. The third-order valence-electron chi connectivity index (χ3n) is 2.51. The molecule has 2 atom stereocenters. The van der Waals surface area contributed by atoms with Crippen LogP contribution >= 0.6 is 11.8 Å². The number of aliphatic hydroxyl groups is 1. The molecule has 84 valence electrons. The van der Waals surface area contributed by atoms with Gasteiger partial charge < -0.3 is 5.11 Å². The average Bonchev–Trinajstić information content (AvgIpc) is 2.72. The number of carbonyl (C=O) groups excluding carboxylic acids is 2. The van der Waals surface area contributed by atoms with Gasteiger partial charge in [-0.25, -0.2) is 4.99 Å². The number of thioether (sulfide) groups is 1. The van der Waals surface area contributed by atoms with Crippen molar-refractivity contribution in [1.29, 1.82) is 0 Å². The summed E-state index contributed by atoms with van der Waals surface area (Å²) in [6.45, 7) is 1.50. The number of carbonyl (C=O) groups is 2. The van der Waals surface area contributed by atoms with Crippen LogP contribution in [0.1, 0.15) is 6.92 Å². The van der Waals surface area contributed by atoms with Crippen molar-refractivity contribution in [2.45, 2.75) is 12.2 Å². The number of hydrogen-bond donors (Lipinski definition) is 1. The van der Waals surface area contributed by atoms with E-state index in [4.69, 9.17) is 5.11 Å². The van der Waals surface area contributed by atoms with Crippen LogP contribution in [0, 0.1) is 5.92 Å². The summed E-state index contributed by atoms with van der Waals surface area (Å²) in [5.41, 5.74) is 0.510. The van der Waals surface area contributed by atoms with Crippen molar-refractivity contribution >= 4 is 28.4 Å². The number of nitrogens with zero attached hydrogens (tertiary/aromatic N) is 1. The predicted octanol–water partition coefficient (Wildman–Crippen LogP) is 0.721. The van der Waals surface area contributed by atoms with Crippen molar-refractivity contribution in [2.24, 2.45) is 10.9 Å². The third-order valence-corrected chi connectivity index (χ3v) is 3.68. The molecule has 0 bridgehead atoms. The quantitative estimate of drug-likeness (QED) is 0.785. The maximum Gasteiger partial charge on any atom is 0.189 e. The number of allylic oxidation sites excluding steroid dienone is 1. The molecular formula is C11H11NO3S.